The molecule has 0 saturated heterocycles. The molecule has 0 heterocycles. The topological polar surface area (TPSA) is 58.6 Å². The van der Waals surface area contributed by atoms with E-state index in [4.69, 9.17) is 4.74 Å². The van der Waals surface area contributed by atoms with Crippen LogP contribution < -0.4 is 5.32 Å². The monoisotopic (exact) mass is 282 g/mol. The summed E-state index contributed by atoms with van der Waals surface area (Å²) >= 11 is 0. The molecule has 0 aromatic rings. The number of nitrogens with zero attached hydrogens (tertiary/aromatic N) is 1. The second-order valence-electron chi connectivity index (χ2n) is 6.32. The van der Waals surface area contributed by atoms with E-state index in [-0.39, 0.29) is 12.0 Å². The average Bonchev–Trinajstić information content (AvgIpc) is 2.89. The Hall–Kier alpha value is -1.26. The second-order valence-corrected chi connectivity index (χ2v) is 6.32. The number of methoxy groups -OCH3 is 1. The molecule has 20 heavy (non-hydrogen) atoms. The van der Waals surface area contributed by atoms with Gasteiger partial charge in [0, 0.05) is 20.1 Å². The number of nitrogens with one attached hydrogen (secondary N) is 1. The maximum absolute atomic E-state index is 12.1. The molecule has 2 amide bonds. The van der Waals surface area contributed by atoms with Gasteiger partial charge in [0.1, 0.15) is 0 Å². The van der Waals surface area contributed by atoms with E-state index in [1.54, 1.807) is 4.90 Å². The first-order chi connectivity index (χ1) is 9.57. The lowest BCUT2D eigenvalue weighted by Gasteiger charge is -2.31. The molecule has 0 radical (unpaired) electrons. The van der Waals surface area contributed by atoms with Crippen LogP contribution in [0, 0.1) is 11.3 Å². The van der Waals surface area contributed by atoms with Crippen molar-refractivity contribution in [3.8, 4) is 0 Å². The Morgan fingerprint density at radius 2 is 1.90 bits per heavy atom. The van der Waals surface area contributed by atoms with Crippen molar-refractivity contribution < 1.29 is 14.3 Å². The number of esters is 1. The normalized spacial score (nSPS) is 21.1. The van der Waals surface area contributed by atoms with E-state index < -0.39 is 5.41 Å². The molecule has 2 aliphatic carbocycles. The summed E-state index contributed by atoms with van der Waals surface area (Å²) in [7, 11) is 3.25. The van der Waals surface area contributed by atoms with Crippen molar-refractivity contribution in [3.63, 3.8) is 0 Å². The van der Waals surface area contributed by atoms with Crippen molar-refractivity contribution in [1.82, 2.24) is 10.2 Å². The highest BCUT2D eigenvalue weighted by Crippen LogP contribution is 2.38. The van der Waals surface area contributed by atoms with Crippen LogP contribution in [0.3, 0.4) is 0 Å². The summed E-state index contributed by atoms with van der Waals surface area (Å²) in [5.41, 5.74) is -0.498. The third kappa shape index (κ3) is 3.25. The Morgan fingerprint density at radius 3 is 2.40 bits per heavy atom. The minimum atomic E-state index is -0.498. The van der Waals surface area contributed by atoms with Crippen LogP contribution in [0.4, 0.5) is 4.79 Å². The molecule has 0 unspecified atom stereocenters. The Morgan fingerprint density at radius 1 is 1.25 bits per heavy atom. The van der Waals surface area contributed by atoms with Crippen molar-refractivity contribution in [2.75, 3.05) is 27.2 Å². The number of urea groups is 1. The molecular formula is C15H26N2O3. The van der Waals surface area contributed by atoms with Crippen molar-refractivity contribution in [2.24, 2.45) is 11.3 Å². The fraction of sp³-hybridized carbons (Fsp3) is 0.867. The lowest BCUT2D eigenvalue weighted by molar-refractivity contribution is -0.152. The SMILES string of the molecule is COC(=O)C1(CNC(=O)N(C)CC2CCC2)CCCC1. The van der Waals surface area contributed by atoms with Gasteiger partial charge in [-0.25, -0.2) is 4.79 Å². The molecule has 2 rings (SSSR count). The lowest BCUT2D eigenvalue weighted by Crippen LogP contribution is -2.47. The van der Waals surface area contributed by atoms with Gasteiger partial charge in [-0.05, 0) is 31.6 Å². The number of rotatable bonds is 5. The number of carbonyl (C=O) groups excluding carboxylic acids is 2. The highest BCUT2D eigenvalue weighted by molar-refractivity contribution is 5.79. The van der Waals surface area contributed by atoms with Gasteiger partial charge in [-0.3, -0.25) is 4.79 Å². The van der Waals surface area contributed by atoms with E-state index in [1.807, 2.05) is 7.05 Å². The van der Waals surface area contributed by atoms with Crippen LogP contribution in [0.5, 0.6) is 0 Å². The quantitative estimate of drug-likeness (QED) is 0.786. The van der Waals surface area contributed by atoms with Gasteiger partial charge < -0.3 is 15.0 Å². The van der Waals surface area contributed by atoms with E-state index in [1.165, 1.54) is 26.4 Å². The van der Waals surface area contributed by atoms with E-state index in [0.717, 1.165) is 32.2 Å². The zero-order valence-electron chi connectivity index (χ0n) is 12.6. The lowest BCUT2D eigenvalue weighted by atomic mass is 9.85. The summed E-state index contributed by atoms with van der Waals surface area (Å²) in [5.74, 6) is 0.476. The Kier molecular flexibility index (Phi) is 4.89. The highest BCUT2D eigenvalue weighted by atomic mass is 16.5. The van der Waals surface area contributed by atoms with Crippen LogP contribution in [0.25, 0.3) is 0 Å². The summed E-state index contributed by atoms with van der Waals surface area (Å²) in [5, 5.41) is 2.92. The van der Waals surface area contributed by atoms with E-state index in [0.29, 0.717) is 12.5 Å². The van der Waals surface area contributed by atoms with Gasteiger partial charge >= 0.3 is 12.0 Å². The van der Waals surface area contributed by atoms with Gasteiger partial charge in [0.2, 0.25) is 0 Å². The molecule has 2 fully saturated rings. The first kappa shape index (κ1) is 15.1. The zero-order chi connectivity index (χ0) is 14.6. The van der Waals surface area contributed by atoms with Gasteiger partial charge in [-0.2, -0.15) is 0 Å². The van der Waals surface area contributed by atoms with Crippen LogP contribution in [-0.4, -0.2) is 44.1 Å². The molecule has 2 aliphatic rings. The molecule has 0 bridgehead atoms. The Balaban J connectivity index is 1.82. The summed E-state index contributed by atoms with van der Waals surface area (Å²) in [4.78, 5) is 25.8. The van der Waals surface area contributed by atoms with Crippen molar-refractivity contribution in [1.29, 1.82) is 0 Å². The summed E-state index contributed by atoms with van der Waals surface area (Å²) in [6.07, 6.45) is 7.42. The molecule has 0 aromatic heterocycles. The highest BCUT2D eigenvalue weighted by Gasteiger charge is 2.42. The molecular weight excluding hydrogens is 256 g/mol. The van der Waals surface area contributed by atoms with Crippen LogP contribution >= 0.6 is 0 Å². The van der Waals surface area contributed by atoms with Crippen LogP contribution in [0.15, 0.2) is 0 Å². The summed E-state index contributed by atoms with van der Waals surface area (Å²) in [6, 6.07) is -0.0768. The molecule has 5 nitrogen and oxygen atoms in total. The van der Waals surface area contributed by atoms with Crippen LogP contribution in [0.2, 0.25) is 0 Å². The third-order valence-electron chi connectivity index (χ3n) is 4.86. The number of amides is 2. The summed E-state index contributed by atoms with van der Waals surface area (Å²) in [6.45, 7) is 1.21. The molecule has 0 aromatic carbocycles. The molecule has 0 aliphatic heterocycles. The molecule has 0 atom stereocenters. The maximum Gasteiger partial charge on any atom is 0.317 e. The van der Waals surface area contributed by atoms with Gasteiger partial charge in [0.15, 0.2) is 0 Å². The fourth-order valence-corrected chi connectivity index (χ4v) is 3.25. The van der Waals surface area contributed by atoms with Gasteiger partial charge in [-0.15, -0.1) is 0 Å². The van der Waals surface area contributed by atoms with Crippen LogP contribution in [-0.2, 0) is 9.53 Å². The van der Waals surface area contributed by atoms with Crippen LogP contribution in [0.1, 0.15) is 44.9 Å². The molecule has 0 spiro atoms. The zero-order valence-corrected chi connectivity index (χ0v) is 12.6. The standard InChI is InChI=1S/C15H26N2O3/c1-17(10-12-6-5-7-12)14(19)16-11-15(13(18)20-2)8-3-4-9-15/h12H,3-11H2,1-2H3,(H,16,19). The van der Waals surface area contributed by atoms with Gasteiger partial charge in [0.05, 0.1) is 12.5 Å². The first-order valence-corrected chi connectivity index (χ1v) is 7.65. The van der Waals surface area contributed by atoms with E-state index in [2.05, 4.69) is 5.32 Å². The minimum absolute atomic E-state index is 0.0768. The van der Waals surface area contributed by atoms with Crippen molar-refractivity contribution >= 4 is 12.0 Å². The van der Waals surface area contributed by atoms with Gasteiger partial charge in [-0.1, -0.05) is 19.3 Å². The Bertz CT molecular complexity index is 360. The van der Waals surface area contributed by atoms with E-state index in [9.17, 15) is 9.59 Å². The number of hydrogen-bond donors (Lipinski definition) is 1. The largest absolute Gasteiger partial charge is 0.469 e. The molecule has 2 saturated carbocycles. The van der Waals surface area contributed by atoms with E-state index >= 15 is 0 Å². The minimum Gasteiger partial charge on any atom is -0.469 e. The first-order valence-electron chi connectivity index (χ1n) is 7.65. The van der Waals surface area contributed by atoms with Crippen molar-refractivity contribution in [3.05, 3.63) is 0 Å². The third-order valence-corrected chi connectivity index (χ3v) is 4.86. The Labute approximate surface area is 121 Å². The van der Waals surface area contributed by atoms with Crippen molar-refractivity contribution in [2.45, 2.75) is 44.9 Å². The second kappa shape index (κ2) is 6.46. The summed E-state index contributed by atoms with van der Waals surface area (Å²) < 4.78 is 4.92. The molecule has 5 heteroatoms. The number of carbonyl (C=O) groups is 2. The number of ether oxygens (including phenoxy) is 1. The number of hydrogen-bond acceptors (Lipinski definition) is 3. The fourth-order valence-electron chi connectivity index (χ4n) is 3.25. The molecule has 114 valence electrons. The average molecular weight is 282 g/mol. The molecule has 1 N–H and O–H groups in total. The predicted molar refractivity (Wildman–Crippen MR) is 76.3 cm³/mol. The smallest absolute Gasteiger partial charge is 0.317 e. The van der Waals surface area contributed by atoms with Gasteiger partial charge in [0.25, 0.3) is 0 Å². The maximum atomic E-state index is 12.1. The predicted octanol–water partition coefficient (Wildman–Crippen LogP) is 2.16.